The van der Waals surface area contributed by atoms with E-state index in [1.54, 1.807) is 27.2 Å². The van der Waals surface area contributed by atoms with Crippen molar-refractivity contribution >= 4 is 52.3 Å². The summed E-state index contributed by atoms with van der Waals surface area (Å²) in [5.74, 6) is 0.894. The number of para-hydroxylation sites is 1. The number of rotatable bonds is 9. The second-order valence-corrected chi connectivity index (χ2v) is 10.7. The van der Waals surface area contributed by atoms with E-state index in [1.165, 1.54) is 23.1 Å². The third-order valence-corrected chi connectivity index (χ3v) is 8.36. The first-order valence-corrected chi connectivity index (χ1v) is 13.7. The van der Waals surface area contributed by atoms with E-state index in [0.29, 0.717) is 41.7 Å². The van der Waals surface area contributed by atoms with Gasteiger partial charge in [0.15, 0.2) is 11.5 Å². The zero-order valence-electron chi connectivity index (χ0n) is 20.2. The van der Waals surface area contributed by atoms with Crippen LogP contribution in [0.15, 0.2) is 41.8 Å². The molecule has 0 saturated carbocycles. The minimum Gasteiger partial charge on any atom is -0.493 e. The van der Waals surface area contributed by atoms with Gasteiger partial charge in [0.2, 0.25) is 5.91 Å². The number of halogens is 1. The Bertz CT molecular complexity index is 1250. The molecule has 2 aromatic carbocycles. The number of thiazole rings is 1. The van der Waals surface area contributed by atoms with Gasteiger partial charge < -0.3 is 19.5 Å². The maximum atomic E-state index is 13.3. The van der Waals surface area contributed by atoms with Crippen LogP contribution in [0.4, 0.5) is 5.69 Å². The molecule has 0 radical (unpaired) electrons. The molecule has 1 N–H and O–H groups in total. The summed E-state index contributed by atoms with van der Waals surface area (Å²) in [6.45, 7) is 2.15. The lowest BCUT2D eigenvalue weighted by Gasteiger charge is -2.23. The van der Waals surface area contributed by atoms with Crippen LogP contribution in [0.25, 0.3) is 0 Å². The molecule has 0 saturated heterocycles. The van der Waals surface area contributed by atoms with Crippen LogP contribution in [-0.2, 0) is 27.2 Å². The number of esters is 1. The maximum Gasteiger partial charge on any atom is 0.306 e. The Labute approximate surface area is 223 Å². The van der Waals surface area contributed by atoms with Crippen LogP contribution in [0, 0.1) is 0 Å². The van der Waals surface area contributed by atoms with Crippen molar-refractivity contribution in [2.45, 2.75) is 36.7 Å². The van der Waals surface area contributed by atoms with E-state index >= 15 is 0 Å². The van der Waals surface area contributed by atoms with Gasteiger partial charge in [-0.2, -0.15) is 0 Å². The number of thioether (sulfide) groups is 1. The Balaban J connectivity index is 1.63. The van der Waals surface area contributed by atoms with Crippen molar-refractivity contribution in [3.05, 3.63) is 68.6 Å². The molecule has 10 heteroatoms. The smallest absolute Gasteiger partial charge is 0.306 e. The van der Waals surface area contributed by atoms with E-state index < -0.39 is 5.25 Å². The summed E-state index contributed by atoms with van der Waals surface area (Å²) in [5, 5.41) is 5.77. The molecule has 2 unspecified atom stereocenters. The van der Waals surface area contributed by atoms with Crippen molar-refractivity contribution in [2.24, 2.45) is 0 Å². The number of fused-ring (bicyclic) bond motifs is 1. The van der Waals surface area contributed by atoms with Crippen molar-refractivity contribution in [2.75, 3.05) is 26.1 Å². The lowest BCUT2D eigenvalue weighted by molar-refractivity contribution is -0.143. The monoisotopic (exact) mass is 546 g/mol. The summed E-state index contributed by atoms with van der Waals surface area (Å²) in [6.07, 6.45) is 1.24. The minimum absolute atomic E-state index is 0.101. The number of aromatic nitrogens is 1. The molecule has 1 aromatic heterocycles. The highest BCUT2D eigenvalue weighted by Gasteiger charge is 2.34. The van der Waals surface area contributed by atoms with Crippen molar-refractivity contribution in [3.63, 3.8) is 0 Å². The van der Waals surface area contributed by atoms with E-state index in [9.17, 15) is 9.59 Å². The van der Waals surface area contributed by atoms with Gasteiger partial charge in [0.1, 0.15) is 0 Å². The standard InChI is InChI=1S/C26H27ClN2O5S2/c1-4-34-23(30)11-9-16-14-35-22(28-16)13-21-26(31)29-19-10-8-15(27)12-18(19)25(36-21)17-6-5-7-20(32-2)24(17)33-3/h5-8,10,12,14,21,25H,4,9,11,13H2,1-3H3,(H,29,31). The second-order valence-electron chi connectivity index (χ2n) is 8.05. The van der Waals surface area contributed by atoms with Crippen LogP contribution < -0.4 is 14.8 Å². The van der Waals surface area contributed by atoms with E-state index in [1.807, 2.05) is 35.7 Å². The fourth-order valence-electron chi connectivity index (χ4n) is 4.06. The van der Waals surface area contributed by atoms with Gasteiger partial charge in [-0.05, 0) is 36.8 Å². The van der Waals surface area contributed by atoms with Gasteiger partial charge in [-0.15, -0.1) is 23.1 Å². The number of benzene rings is 2. The first-order chi connectivity index (χ1) is 17.4. The molecule has 7 nitrogen and oxygen atoms in total. The number of carbonyl (C=O) groups excluding carboxylic acids is 2. The zero-order valence-corrected chi connectivity index (χ0v) is 22.6. The van der Waals surface area contributed by atoms with E-state index in [-0.39, 0.29) is 23.5 Å². The molecule has 3 aromatic rings. The van der Waals surface area contributed by atoms with Gasteiger partial charge in [-0.25, -0.2) is 4.98 Å². The highest BCUT2D eigenvalue weighted by Crippen LogP contribution is 2.50. The summed E-state index contributed by atoms with van der Waals surface area (Å²) >= 11 is 9.39. The summed E-state index contributed by atoms with van der Waals surface area (Å²) < 4.78 is 16.3. The van der Waals surface area contributed by atoms with Crippen molar-refractivity contribution in [3.8, 4) is 11.5 Å². The molecule has 190 valence electrons. The average Bonchev–Trinajstić information content (AvgIpc) is 3.28. The molecule has 0 spiro atoms. The van der Waals surface area contributed by atoms with Crippen molar-refractivity contribution in [1.29, 1.82) is 0 Å². The van der Waals surface area contributed by atoms with Gasteiger partial charge in [-0.3, -0.25) is 9.59 Å². The van der Waals surface area contributed by atoms with Crippen LogP contribution in [0.5, 0.6) is 11.5 Å². The molecule has 1 amide bonds. The molecule has 2 heterocycles. The molecule has 1 aliphatic rings. The largest absolute Gasteiger partial charge is 0.493 e. The van der Waals surface area contributed by atoms with E-state index in [0.717, 1.165) is 21.8 Å². The Morgan fingerprint density at radius 3 is 2.75 bits per heavy atom. The maximum absolute atomic E-state index is 13.3. The first kappa shape index (κ1) is 26.3. The lowest BCUT2D eigenvalue weighted by atomic mass is 10.0. The molecule has 0 bridgehead atoms. The van der Waals surface area contributed by atoms with Crippen LogP contribution in [0.3, 0.4) is 0 Å². The number of nitrogens with zero attached hydrogens (tertiary/aromatic N) is 1. The Morgan fingerprint density at radius 1 is 1.17 bits per heavy atom. The van der Waals surface area contributed by atoms with Gasteiger partial charge in [0.05, 0.1) is 48.4 Å². The topological polar surface area (TPSA) is 86.8 Å². The van der Waals surface area contributed by atoms with E-state index in [4.69, 9.17) is 25.8 Å². The van der Waals surface area contributed by atoms with Gasteiger partial charge in [0.25, 0.3) is 0 Å². The molecule has 0 aliphatic carbocycles. The third kappa shape index (κ3) is 5.96. The van der Waals surface area contributed by atoms with Gasteiger partial charge in [0, 0.05) is 34.5 Å². The van der Waals surface area contributed by atoms with Crippen LogP contribution in [-0.4, -0.2) is 42.9 Å². The van der Waals surface area contributed by atoms with Gasteiger partial charge >= 0.3 is 5.97 Å². The fourth-order valence-corrected chi connectivity index (χ4v) is 6.66. The Kier molecular flexibility index (Phi) is 8.77. The Morgan fingerprint density at radius 2 is 2.00 bits per heavy atom. The number of hydrogen-bond acceptors (Lipinski definition) is 8. The number of nitrogens with one attached hydrogen (secondary N) is 1. The van der Waals surface area contributed by atoms with Crippen LogP contribution in [0.1, 0.15) is 40.4 Å². The number of ether oxygens (including phenoxy) is 3. The average molecular weight is 547 g/mol. The Hall–Kier alpha value is -2.75. The molecule has 1 aliphatic heterocycles. The number of hydrogen-bond donors (Lipinski definition) is 1. The third-order valence-electron chi connectivity index (χ3n) is 5.71. The van der Waals surface area contributed by atoms with Crippen LogP contribution in [0.2, 0.25) is 5.02 Å². The minimum atomic E-state index is -0.416. The van der Waals surface area contributed by atoms with Gasteiger partial charge in [-0.1, -0.05) is 23.7 Å². The fraction of sp³-hybridized carbons (Fsp3) is 0.346. The predicted octanol–water partition coefficient (Wildman–Crippen LogP) is 5.70. The number of aryl methyl sites for hydroxylation is 1. The second kappa shape index (κ2) is 12.0. The van der Waals surface area contributed by atoms with Crippen molar-refractivity contribution in [1.82, 2.24) is 4.98 Å². The number of carbonyl (C=O) groups is 2. The number of amides is 1. The quantitative estimate of drug-likeness (QED) is 0.345. The van der Waals surface area contributed by atoms with Crippen molar-refractivity contribution < 1.29 is 23.8 Å². The zero-order chi connectivity index (χ0) is 25.7. The molecular weight excluding hydrogens is 520 g/mol. The molecule has 2 atom stereocenters. The first-order valence-electron chi connectivity index (χ1n) is 11.5. The lowest BCUT2D eigenvalue weighted by Crippen LogP contribution is -2.26. The summed E-state index contributed by atoms with van der Waals surface area (Å²) in [5.41, 5.74) is 3.32. The SMILES string of the molecule is CCOC(=O)CCc1csc(CC2SC(c3cccc(OC)c3OC)c3cc(Cl)ccc3NC2=O)n1. The van der Waals surface area contributed by atoms with Crippen LogP contribution >= 0.6 is 34.7 Å². The molecular formula is C26H27ClN2O5S2. The molecule has 0 fully saturated rings. The highest BCUT2D eigenvalue weighted by atomic mass is 35.5. The highest BCUT2D eigenvalue weighted by molar-refractivity contribution is 8.01. The summed E-state index contributed by atoms with van der Waals surface area (Å²) in [4.78, 5) is 29.7. The molecule has 36 heavy (non-hydrogen) atoms. The number of methoxy groups -OCH3 is 2. The molecule has 4 rings (SSSR count). The summed E-state index contributed by atoms with van der Waals surface area (Å²) in [6, 6.07) is 11.2. The normalized spacial score (nSPS) is 17.1. The number of anilines is 1. The van der Waals surface area contributed by atoms with E-state index in [2.05, 4.69) is 10.3 Å². The summed E-state index contributed by atoms with van der Waals surface area (Å²) in [7, 11) is 3.21. The predicted molar refractivity (Wildman–Crippen MR) is 144 cm³/mol.